The highest BCUT2D eigenvalue weighted by Crippen LogP contribution is 2.59. The molecule has 0 aliphatic carbocycles. The number of benzene rings is 8. The van der Waals surface area contributed by atoms with Gasteiger partial charge in [0.05, 0.1) is 11.1 Å². The maximum Gasteiger partial charge on any atom is 0.333 e. The van der Waals surface area contributed by atoms with Gasteiger partial charge >= 0.3 is 6.85 Å². The quantitative estimate of drug-likeness (QED) is 0.169. The van der Waals surface area contributed by atoms with Crippen LogP contribution in [0.1, 0.15) is 27.8 Å². The maximum atomic E-state index is 2.64. The third kappa shape index (κ3) is 3.85. The number of hydrogen-bond acceptors (Lipinski definition) is 3. The highest BCUT2D eigenvalue weighted by atomic mass is 32.1. The van der Waals surface area contributed by atoms with Gasteiger partial charge in [-0.05, 0) is 93.7 Å². The molecule has 0 radical (unpaired) electrons. The highest BCUT2D eigenvalue weighted by Gasteiger charge is 2.52. The van der Waals surface area contributed by atoms with Gasteiger partial charge in [-0.3, -0.25) is 0 Å². The van der Waals surface area contributed by atoms with Crippen LogP contribution >= 0.6 is 11.3 Å². The van der Waals surface area contributed by atoms with Gasteiger partial charge in [0.15, 0.2) is 0 Å². The van der Waals surface area contributed by atoms with Crippen LogP contribution in [0.3, 0.4) is 0 Å². The SMILES string of the molecule is Cc1cc2c3c(c1)N1c4ccccc4C(c4ccccc4)(c4ccccc4)c4cccc(c41)B3N(c1ccccc1)c1cc3sc4ccccc4c3cc1-2. The third-order valence-electron chi connectivity index (χ3n) is 12.1. The predicted octanol–water partition coefficient (Wildman–Crippen LogP) is 11.8. The van der Waals surface area contributed by atoms with Gasteiger partial charge < -0.3 is 9.71 Å². The fourth-order valence-corrected chi connectivity index (χ4v) is 11.2. The van der Waals surface area contributed by atoms with Crippen molar-refractivity contribution >= 4 is 77.7 Å². The second-order valence-corrected chi connectivity index (χ2v) is 16.0. The number of thiophene rings is 1. The first-order valence-electron chi connectivity index (χ1n) is 18.8. The van der Waals surface area contributed by atoms with E-state index in [0.29, 0.717) is 0 Å². The van der Waals surface area contributed by atoms with E-state index in [-0.39, 0.29) is 6.85 Å². The first-order chi connectivity index (χ1) is 26.7. The summed E-state index contributed by atoms with van der Waals surface area (Å²) in [6.07, 6.45) is 0. The van der Waals surface area contributed by atoms with E-state index in [0.717, 1.165) is 0 Å². The summed E-state index contributed by atoms with van der Waals surface area (Å²) in [5.74, 6) is 0. The minimum Gasteiger partial charge on any atom is -0.376 e. The molecule has 54 heavy (non-hydrogen) atoms. The molecule has 3 aliphatic heterocycles. The molecule has 3 aliphatic rings. The fraction of sp³-hybridized carbons (Fsp3) is 0.0400. The molecule has 0 bridgehead atoms. The number of rotatable bonds is 3. The Morgan fingerprint density at radius 3 is 1.94 bits per heavy atom. The lowest BCUT2D eigenvalue weighted by molar-refractivity contribution is 0.732. The van der Waals surface area contributed by atoms with Gasteiger partial charge in [-0.15, -0.1) is 11.3 Å². The molecular formula is C50H33BN2S. The van der Waals surface area contributed by atoms with Crippen molar-refractivity contribution in [3.63, 3.8) is 0 Å². The molecule has 0 saturated heterocycles. The molecule has 12 rings (SSSR count). The number of hydrogen-bond donors (Lipinski definition) is 0. The van der Waals surface area contributed by atoms with Gasteiger partial charge in [0.1, 0.15) is 0 Å². The minimum atomic E-state index is -0.529. The summed E-state index contributed by atoms with van der Waals surface area (Å²) in [6, 6.07) is 68.3. The molecule has 4 heteroatoms. The Balaban J connectivity index is 1.25. The van der Waals surface area contributed by atoms with E-state index in [9.17, 15) is 0 Å². The normalized spacial score (nSPS) is 14.4. The third-order valence-corrected chi connectivity index (χ3v) is 13.2. The second kappa shape index (κ2) is 11.1. The van der Waals surface area contributed by atoms with Crippen molar-refractivity contribution in [3.8, 4) is 11.1 Å². The van der Waals surface area contributed by atoms with Crippen molar-refractivity contribution in [1.29, 1.82) is 0 Å². The Hall–Kier alpha value is -6.36. The zero-order valence-electron chi connectivity index (χ0n) is 29.7. The summed E-state index contributed by atoms with van der Waals surface area (Å²) in [6.45, 7) is 2.22. The molecule has 0 unspecified atom stereocenters. The Bertz CT molecular complexity index is 2930. The molecule has 0 spiro atoms. The van der Waals surface area contributed by atoms with Crippen LogP contribution in [0.2, 0.25) is 0 Å². The number of anilines is 5. The van der Waals surface area contributed by atoms with Crippen molar-refractivity contribution < 1.29 is 0 Å². The van der Waals surface area contributed by atoms with Gasteiger partial charge in [-0.2, -0.15) is 0 Å². The second-order valence-electron chi connectivity index (χ2n) is 14.9. The monoisotopic (exact) mass is 704 g/mol. The number of nitrogens with zero attached hydrogens (tertiary/aromatic N) is 2. The van der Waals surface area contributed by atoms with E-state index in [4.69, 9.17) is 0 Å². The Labute approximate surface area is 319 Å². The van der Waals surface area contributed by atoms with Crippen molar-refractivity contribution in [2.24, 2.45) is 0 Å². The molecule has 0 fully saturated rings. The zero-order chi connectivity index (χ0) is 35.5. The van der Waals surface area contributed by atoms with E-state index in [2.05, 4.69) is 199 Å². The van der Waals surface area contributed by atoms with Crippen molar-refractivity contribution in [2.75, 3.05) is 9.71 Å². The van der Waals surface area contributed by atoms with E-state index >= 15 is 0 Å². The molecule has 0 amide bonds. The molecule has 0 atom stereocenters. The van der Waals surface area contributed by atoms with Gasteiger partial charge in [-0.25, -0.2) is 0 Å². The molecule has 252 valence electrons. The molecule has 1 aromatic heterocycles. The Morgan fingerprint density at radius 1 is 0.500 bits per heavy atom. The highest BCUT2D eigenvalue weighted by molar-refractivity contribution is 7.25. The van der Waals surface area contributed by atoms with E-state index in [1.54, 1.807) is 0 Å². The topological polar surface area (TPSA) is 6.48 Å². The smallest absolute Gasteiger partial charge is 0.333 e. The molecule has 2 nitrogen and oxygen atoms in total. The lowest BCUT2D eigenvalue weighted by atomic mass is 9.42. The van der Waals surface area contributed by atoms with E-state index in [1.165, 1.54) is 98.5 Å². The van der Waals surface area contributed by atoms with Crippen LogP contribution in [0, 0.1) is 6.92 Å². The summed E-state index contributed by atoms with van der Waals surface area (Å²) in [5, 5.41) is 2.65. The minimum absolute atomic E-state index is 0.0435. The Kier molecular flexibility index (Phi) is 6.19. The summed E-state index contributed by atoms with van der Waals surface area (Å²) in [4.78, 5) is 5.25. The summed E-state index contributed by atoms with van der Waals surface area (Å²) in [7, 11) is 0. The van der Waals surface area contributed by atoms with Crippen molar-refractivity contribution in [2.45, 2.75) is 12.3 Å². The van der Waals surface area contributed by atoms with Crippen molar-refractivity contribution in [3.05, 3.63) is 210 Å². The first kappa shape index (κ1) is 30.1. The number of para-hydroxylation sites is 3. The van der Waals surface area contributed by atoms with Crippen LogP contribution in [-0.4, -0.2) is 6.85 Å². The average Bonchev–Trinajstić information content (AvgIpc) is 3.59. The van der Waals surface area contributed by atoms with Crippen LogP contribution < -0.4 is 20.6 Å². The van der Waals surface area contributed by atoms with E-state index < -0.39 is 5.41 Å². The number of aryl methyl sites for hydroxylation is 1. The predicted molar refractivity (Wildman–Crippen MR) is 230 cm³/mol. The summed E-state index contributed by atoms with van der Waals surface area (Å²) in [5.41, 5.74) is 17.4. The van der Waals surface area contributed by atoms with Crippen LogP contribution in [0.15, 0.2) is 182 Å². The lowest BCUT2D eigenvalue weighted by Gasteiger charge is -2.52. The lowest BCUT2D eigenvalue weighted by Crippen LogP contribution is -2.62. The van der Waals surface area contributed by atoms with Gasteiger partial charge in [0.25, 0.3) is 0 Å². The standard InChI is InChI=1S/C50H33BN2S/c1-32-28-39-37-30-38-36-22-11-14-27-46(36)54-47(38)31-44(37)53(35-20-9-4-10-21-35)51-42-25-15-24-41-49(42)52(45(29-32)48(39)51)43-26-13-12-23-40(43)50(41,33-16-5-2-6-17-33)34-18-7-3-8-19-34/h2-31H,1H3. The molecule has 8 aromatic carbocycles. The number of fused-ring (bicyclic) bond motifs is 9. The summed E-state index contributed by atoms with van der Waals surface area (Å²) >= 11 is 1.90. The van der Waals surface area contributed by atoms with Gasteiger partial charge in [-0.1, -0.05) is 140 Å². The van der Waals surface area contributed by atoms with Crippen LogP contribution in [-0.2, 0) is 5.41 Å². The van der Waals surface area contributed by atoms with Crippen LogP contribution in [0.4, 0.5) is 28.4 Å². The summed E-state index contributed by atoms with van der Waals surface area (Å²) < 4.78 is 2.65. The first-order valence-corrected chi connectivity index (χ1v) is 19.6. The molecule has 0 N–H and O–H groups in total. The zero-order valence-corrected chi connectivity index (χ0v) is 30.5. The molecular weight excluding hydrogens is 671 g/mol. The van der Waals surface area contributed by atoms with E-state index in [1.807, 2.05) is 11.3 Å². The maximum absolute atomic E-state index is 2.64. The molecule has 0 saturated carbocycles. The van der Waals surface area contributed by atoms with Gasteiger partial charge in [0.2, 0.25) is 0 Å². The fourth-order valence-electron chi connectivity index (χ4n) is 10.1. The van der Waals surface area contributed by atoms with Crippen molar-refractivity contribution in [1.82, 2.24) is 0 Å². The molecule has 9 aromatic rings. The van der Waals surface area contributed by atoms with Crippen LogP contribution in [0.25, 0.3) is 31.3 Å². The van der Waals surface area contributed by atoms with Gasteiger partial charge in [0, 0.05) is 48.5 Å². The Morgan fingerprint density at radius 2 is 1.17 bits per heavy atom. The van der Waals surface area contributed by atoms with Crippen LogP contribution in [0.5, 0.6) is 0 Å². The molecule has 4 heterocycles. The average molecular weight is 705 g/mol. The largest absolute Gasteiger partial charge is 0.376 e.